The van der Waals surface area contributed by atoms with Crippen molar-refractivity contribution in [3.05, 3.63) is 47.6 Å². The van der Waals surface area contributed by atoms with Crippen LogP contribution in [0.25, 0.3) is 0 Å². The number of nitrogens with one attached hydrogen (secondary N) is 2. The number of hydrogen-bond acceptors (Lipinski definition) is 6. The first-order chi connectivity index (χ1) is 11.7. The van der Waals surface area contributed by atoms with Gasteiger partial charge in [-0.1, -0.05) is 39.0 Å². The number of nitrogens with zero attached hydrogens (tertiary/aromatic N) is 1. The fourth-order valence-corrected chi connectivity index (χ4v) is 2.15. The van der Waals surface area contributed by atoms with E-state index >= 15 is 0 Å². The Kier molecular flexibility index (Phi) is 7.03. The number of nitrogens with two attached hydrogens (primary N) is 1. The number of nitrogen functional groups attached to an aromatic ring is 1. The molecule has 1 aliphatic carbocycles. The minimum Gasteiger partial charge on any atom is -0.505 e. The molecule has 0 saturated heterocycles. The third-order valence-electron chi connectivity index (χ3n) is 3.51. The fourth-order valence-electron chi connectivity index (χ4n) is 2.15. The summed E-state index contributed by atoms with van der Waals surface area (Å²) in [6, 6.07) is 3.62. The molecule has 0 aromatic heterocycles. The topological polar surface area (TPSA) is 123 Å². The Morgan fingerprint density at radius 2 is 1.72 bits per heavy atom. The number of hydrogen-bond donors (Lipinski definition) is 4. The molecule has 1 aromatic rings. The average molecular weight is 340 g/mol. The number of aromatic hydroxyl groups is 1. The average Bonchev–Trinajstić information content (AvgIpc) is 2.53. The number of anilines is 1. The van der Waals surface area contributed by atoms with E-state index in [4.69, 9.17) is 16.6 Å². The highest BCUT2D eigenvalue weighted by molar-refractivity contribution is 6.48. The molecule has 0 heterocycles. The van der Waals surface area contributed by atoms with E-state index in [2.05, 4.69) is 4.99 Å². The van der Waals surface area contributed by atoms with Crippen LogP contribution in [0.3, 0.4) is 0 Å². The Bertz CT molecular complexity index is 742. The SMILES string of the molecule is CC(C)(C)c1cc(CCN=C=O)cc(N)c1O.N=C1C=CC=CC1=N. The first-order valence-corrected chi connectivity index (χ1v) is 7.84. The Morgan fingerprint density at radius 1 is 1.16 bits per heavy atom. The zero-order valence-corrected chi connectivity index (χ0v) is 14.8. The van der Waals surface area contributed by atoms with Crippen LogP contribution < -0.4 is 5.73 Å². The van der Waals surface area contributed by atoms with Crippen LogP contribution in [-0.4, -0.2) is 29.2 Å². The van der Waals surface area contributed by atoms with Crippen molar-refractivity contribution >= 4 is 23.2 Å². The largest absolute Gasteiger partial charge is 0.505 e. The first-order valence-electron chi connectivity index (χ1n) is 7.84. The molecule has 132 valence electrons. The van der Waals surface area contributed by atoms with Gasteiger partial charge in [0.2, 0.25) is 6.08 Å². The Balaban J connectivity index is 0.000000324. The highest BCUT2D eigenvalue weighted by atomic mass is 16.3. The molecular formula is C19H24N4O2. The van der Waals surface area contributed by atoms with E-state index in [9.17, 15) is 9.90 Å². The monoisotopic (exact) mass is 340 g/mol. The van der Waals surface area contributed by atoms with Crippen LogP contribution in [0.2, 0.25) is 0 Å². The van der Waals surface area contributed by atoms with Gasteiger partial charge in [0, 0.05) is 5.56 Å². The van der Waals surface area contributed by atoms with Crippen LogP contribution in [0, 0.1) is 10.8 Å². The normalized spacial score (nSPS) is 13.1. The molecule has 0 fully saturated rings. The van der Waals surface area contributed by atoms with Crippen molar-refractivity contribution in [1.82, 2.24) is 0 Å². The molecule has 25 heavy (non-hydrogen) atoms. The molecule has 0 unspecified atom stereocenters. The molecule has 1 aromatic carbocycles. The second-order valence-electron chi connectivity index (χ2n) is 6.60. The molecule has 0 atom stereocenters. The highest BCUT2D eigenvalue weighted by Gasteiger charge is 2.20. The maximum absolute atomic E-state index is 9.99. The van der Waals surface area contributed by atoms with E-state index in [1.807, 2.05) is 26.8 Å². The molecule has 0 radical (unpaired) electrons. The summed E-state index contributed by atoms with van der Waals surface area (Å²) in [5.41, 5.74) is 8.29. The van der Waals surface area contributed by atoms with Crippen molar-refractivity contribution in [2.24, 2.45) is 4.99 Å². The number of phenols is 1. The summed E-state index contributed by atoms with van der Waals surface area (Å²) in [6.45, 7) is 6.41. The lowest BCUT2D eigenvalue weighted by atomic mass is 9.84. The number of benzene rings is 1. The number of rotatable bonds is 3. The Morgan fingerprint density at radius 3 is 2.16 bits per heavy atom. The van der Waals surface area contributed by atoms with Crippen molar-refractivity contribution in [2.75, 3.05) is 12.3 Å². The van der Waals surface area contributed by atoms with E-state index in [0.29, 0.717) is 18.7 Å². The molecule has 0 saturated carbocycles. The van der Waals surface area contributed by atoms with E-state index < -0.39 is 0 Å². The molecular weight excluding hydrogens is 316 g/mol. The third-order valence-corrected chi connectivity index (χ3v) is 3.51. The van der Waals surface area contributed by atoms with Crippen molar-refractivity contribution in [3.63, 3.8) is 0 Å². The van der Waals surface area contributed by atoms with Gasteiger partial charge in [0.1, 0.15) is 5.75 Å². The summed E-state index contributed by atoms with van der Waals surface area (Å²) in [5, 5.41) is 24.0. The van der Waals surface area contributed by atoms with Crippen LogP contribution in [0.5, 0.6) is 5.75 Å². The summed E-state index contributed by atoms with van der Waals surface area (Å²) in [4.78, 5) is 13.5. The van der Waals surface area contributed by atoms with Gasteiger partial charge in [-0.05, 0) is 35.6 Å². The first kappa shape index (κ1) is 20.1. The fraction of sp³-hybridized carbons (Fsp3) is 0.316. The molecule has 0 amide bonds. The predicted molar refractivity (Wildman–Crippen MR) is 102 cm³/mol. The van der Waals surface area contributed by atoms with Crippen LogP contribution in [-0.2, 0) is 16.6 Å². The van der Waals surface area contributed by atoms with Gasteiger partial charge < -0.3 is 10.8 Å². The van der Waals surface area contributed by atoms with Crippen LogP contribution in [0.1, 0.15) is 31.9 Å². The molecule has 0 aliphatic heterocycles. The van der Waals surface area contributed by atoms with Crippen molar-refractivity contribution in [1.29, 1.82) is 10.8 Å². The second-order valence-corrected chi connectivity index (χ2v) is 6.60. The molecule has 6 nitrogen and oxygen atoms in total. The van der Waals surface area contributed by atoms with Crippen LogP contribution in [0.15, 0.2) is 41.4 Å². The molecule has 0 bridgehead atoms. The number of allylic oxidation sites excluding steroid dienone is 4. The maximum Gasteiger partial charge on any atom is 0.234 e. The maximum atomic E-state index is 9.99. The molecule has 2 rings (SSSR count). The van der Waals surface area contributed by atoms with Gasteiger partial charge in [-0.25, -0.2) is 9.79 Å². The van der Waals surface area contributed by atoms with Gasteiger partial charge >= 0.3 is 0 Å². The number of carbonyl (C=O) groups excluding carboxylic acids is 1. The van der Waals surface area contributed by atoms with Gasteiger partial charge in [0.15, 0.2) is 0 Å². The smallest absolute Gasteiger partial charge is 0.234 e. The number of phenolic OH excluding ortho intramolecular Hbond substituents is 1. The zero-order chi connectivity index (χ0) is 19.0. The number of aliphatic imine (C=N–C) groups is 1. The van der Waals surface area contributed by atoms with E-state index in [-0.39, 0.29) is 22.6 Å². The summed E-state index contributed by atoms with van der Waals surface area (Å²) < 4.78 is 0. The molecule has 0 spiro atoms. The third kappa shape index (κ3) is 6.20. The van der Waals surface area contributed by atoms with Crippen molar-refractivity contribution in [3.8, 4) is 5.75 Å². The Hall–Kier alpha value is -2.98. The van der Waals surface area contributed by atoms with E-state index in [1.165, 1.54) is 6.08 Å². The summed E-state index contributed by atoms with van der Waals surface area (Å²) in [5.74, 6) is 0.139. The molecule has 1 aliphatic rings. The lowest BCUT2D eigenvalue weighted by Gasteiger charge is -2.22. The highest BCUT2D eigenvalue weighted by Crippen LogP contribution is 2.35. The molecule has 5 N–H and O–H groups in total. The standard InChI is InChI=1S/C13H18N2O2.C6H6N2/c1-13(2,3)10-6-9(4-5-15-8-16)7-11(14)12(10)17;7-5-3-1-2-4-6(5)8/h6-7,17H,4-5,14H2,1-3H3;1-4,7-8H. The van der Waals surface area contributed by atoms with E-state index in [0.717, 1.165) is 11.1 Å². The number of isocyanates is 1. The van der Waals surface area contributed by atoms with E-state index in [1.54, 1.807) is 30.4 Å². The van der Waals surface area contributed by atoms with Gasteiger partial charge in [-0.2, -0.15) is 0 Å². The lowest BCUT2D eigenvalue weighted by molar-refractivity contribution is 0.449. The lowest BCUT2D eigenvalue weighted by Crippen LogP contribution is -2.13. The minimum atomic E-state index is -0.178. The van der Waals surface area contributed by atoms with Gasteiger partial charge in [0.05, 0.1) is 23.7 Å². The van der Waals surface area contributed by atoms with Gasteiger partial charge in [0.25, 0.3) is 0 Å². The summed E-state index contributed by atoms with van der Waals surface area (Å²) >= 11 is 0. The minimum absolute atomic E-state index is 0.139. The van der Waals surface area contributed by atoms with Crippen molar-refractivity contribution < 1.29 is 9.90 Å². The van der Waals surface area contributed by atoms with Crippen LogP contribution in [0.4, 0.5) is 5.69 Å². The van der Waals surface area contributed by atoms with Gasteiger partial charge in [-0.15, -0.1) is 0 Å². The predicted octanol–water partition coefficient (Wildman–Crippen LogP) is 3.30. The van der Waals surface area contributed by atoms with Crippen molar-refractivity contribution in [2.45, 2.75) is 32.6 Å². The quantitative estimate of drug-likeness (QED) is 0.222. The summed E-state index contributed by atoms with van der Waals surface area (Å²) in [6.07, 6.45) is 8.82. The Labute approximate surface area is 147 Å². The zero-order valence-electron chi connectivity index (χ0n) is 14.8. The van der Waals surface area contributed by atoms with Gasteiger partial charge in [-0.3, -0.25) is 10.8 Å². The van der Waals surface area contributed by atoms with Crippen LogP contribution >= 0.6 is 0 Å². The summed E-state index contributed by atoms with van der Waals surface area (Å²) in [7, 11) is 0. The molecule has 6 heteroatoms. The second kappa shape index (κ2) is 8.76.